The van der Waals surface area contributed by atoms with Gasteiger partial charge in [-0.1, -0.05) is 18.6 Å². The first-order chi connectivity index (χ1) is 8.31. The second kappa shape index (κ2) is 6.41. The van der Waals surface area contributed by atoms with Crippen LogP contribution in [0.5, 0.6) is 5.75 Å². The highest BCUT2D eigenvalue weighted by Gasteiger charge is 2.17. The molecule has 17 heavy (non-hydrogen) atoms. The summed E-state index contributed by atoms with van der Waals surface area (Å²) >= 11 is 3.59. The Hall–Kier alpha value is -0.540. The summed E-state index contributed by atoms with van der Waals surface area (Å²) in [5.74, 6) is 1.02. The Morgan fingerprint density at radius 3 is 2.76 bits per heavy atom. The minimum absolute atomic E-state index is 0.401. The first kappa shape index (κ1) is 12.9. The van der Waals surface area contributed by atoms with E-state index in [1.54, 1.807) is 0 Å². The number of hydrogen-bond donors (Lipinski definition) is 1. The molecule has 0 aromatic heterocycles. The van der Waals surface area contributed by atoms with E-state index >= 15 is 0 Å². The zero-order chi connectivity index (χ0) is 12.1. The van der Waals surface area contributed by atoms with Gasteiger partial charge < -0.3 is 10.1 Å². The first-order valence-electron chi connectivity index (χ1n) is 6.40. The molecule has 1 N–H and O–H groups in total. The molecule has 1 aliphatic rings. The van der Waals surface area contributed by atoms with Crippen LogP contribution in [0, 0.1) is 0 Å². The molecule has 3 heteroatoms. The van der Waals surface area contributed by atoms with Crippen molar-refractivity contribution in [1.82, 2.24) is 5.32 Å². The maximum atomic E-state index is 6.18. The van der Waals surface area contributed by atoms with E-state index < -0.39 is 0 Å². The third kappa shape index (κ3) is 3.46. The fourth-order valence-electron chi connectivity index (χ4n) is 2.36. The summed E-state index contributed by atoms with van der Waals surface area (Å²) in [5, 5.41) is 3.19. The van der Waals surface area contributed by atoms with Crippen LogP contribution in [-0.4, -0.2) is 13.2 Å². The number of ether oxygens (including phenoxy) is 1. The molecule has 2 rings (SSSR count). The highest BCUT2D eigenvalue weighted by molar-refractivity contribution is 9.10. The van der Waals surface area contributed by atoms with Crippen LogP contribution in [0.2, 0.25) is 0 Å². The summed E-state index contributed by atoms with van der Waals surface area (Å²) in [6, 6.07) is 6.24. The second-order valence-electron chi connectivity index (χ2n) is 4.64. The van der Waals surface area contributed by atoms with Crippen LogP contribution in [0.25, 0.3) is 0 Å². The Morgan fingerprint density at radius 2 is 2.06 bits per heavy atom. The van der Waals surface area contributed by atoms with Gasteiger partial charge in [0, 0.05) is 12.1 Å². The highest BCUT2D eigenvalue weighted by Crippen LogP contribution is 2.32. The Bertz CT molecular complexity index is 361. The summed E-state index contributed by atoms with van der Waals surface area (Å²) in [6.07, 6.45) is 6.75. The van der Waals surface area contributed by atoms with Gasteiger partial charge in [0.05, 0.1) is 10.6 Å². The molecule has 0 spiro atoms. The minimum atomic E-state index is 0.401. The molecule has 1 fully saturated rings. The van der Waals surface area contributed by atoms with Crippen molar-refractivity contribution in [3.8, 4) is 5.75 Å². The topological polar surface area (TPSA) is 21.3 Å². The SMILES string of the molecule is CNCc1cccc(Br)c1OC1CCCCC1. The summed E-state index contributed by atoms with van der Waals surface area (Å²) in [7, 11) is 1.96. The smallest absolute Gasteiger partial charge is 0.138 e. The van der Waals surface area contributed by atoms with Gasteiger partial charge in [-0.3, -0.25) is 0 Å². The van der Waals surface area contributed by atoms with Gasteiger partial charge in [0.15, 0.2) is 0 Å². The molecule has 1 aromatic rings. The lowest BCUT2D eigenvalue weighted by atomic mass is 9.97. The molecule has 0 atom stereocenters. The van der Waals surface area contributed by atoms with Crippen LogP contribution in [0.15, 0.2) is 22.7 Å². The molecule has 0 aliphatic heterocycles. The quantitative estimate of drug-likeness (QED) is 0.911. The third-order valence-corrected chi connectivity index (χ3v) is 3.88. The van der Waals surface area contributed by atoms with Gasteiger partial charge in [-0.2, -0.15) is 0 Å². The second-order valence-corrected chi connectivity index (χ2v) is 5.49. The number of halogens is 1. The Labute approximate surface area is 112 Å². The number of nitrogens with one attached hydrogen (secondary N) is 1. The molecule has 1 aromatic carbocycles. The predicted molar refractivity (Wildman–Crippen MR) is 74.4 cm³/mol. The van der Waals surface area contributed by atoms with Gasteiger partial charge in [-0.15, -0.1) is 0 Å². The molecule has 0 heterocycles. The van der Waals surface area contributed by atoms with Crippen LogP contribution in [-0.2, 0) is 6.54 Å². The average molecular weight is 298 g/mol. The van der Waals surface area contributed by atoms with Crippen molar-refractivity contribution in [2.45, 2.75) is 44.8 Å². The summed E-state index contributed by atoms with van der Waals surface area (Å²) in [4.78, 5) is 0. The zero-order valence-corrected chi connectivity index (χ0v) is 11.9. The summed E-state index contributed by atoms with van der Waals surface area (Å²) in [5.41, 5.74) is 1.23. The maximum Gasteiger partial charge on any atom is 0.138 e. The molecular weight excluding hydrogens is 278 g/mol. The van der Waals surface area contributed by atoms with Crippen molar-refractivity contribution in [2.75, 3.05) is 7.05 Å². The van der Waals surface area contributed by atoms with Gasteiger partial charge in [0.25, 0.3) is 0 Å². The fraction of sp³-hybridized carbons (Fsp3) is 0.571. The largest absolute Gasteiger partial charge is 0.489 e. The first-order valence-corrected chi connectivity index (χ1v) is 7.19. The van der Waals surface area contributed by atoms with E-state index in [9.17, 15) is 0 Å². The van der Waals surface area contributed by atoms with Gasteiger partial charge in [-0.25, -0.2) is 0 Å². The Kier molecular flexibility index (Phi) is 4.86. The molecular formula is C14H20BrNO. The molecule has 1 saturated carbocycles. The molecule has 94 valence electrons. The molecule has 0 unspecified atom stereocenters. The normalized spacial score (nSPS) is 17.1. The standard InChI is InChI=1S/C14H20BrNO/c1-16-10-11-6-5-9-13(15)14(11)17-12-7-3-2-4-8-12/h5-6,9,12,16H,2-4,7-8,10H2,1H3. The number of benzene rings is 1. The van der Waals surface area contributed by atoms with Gasteiger partial charge in [-0.05, 0) is 54.7 Å². The number of para-hydroxylation sites is 1. The summed E-state index contributed by atoms with van der Waals surface area (Å²) in [6.45, 7) is 0.849. The lowest BCUT2D eigenvalue weighted by molar-refractivity contribution is 0.152. The van der Waals surface area contributed by atoms with Crippen molar-refractivity contribution in [1.29, 1.82) is 0 Å². The van der Waals surface area contributed by atoms with Crippen LogP contribution >= 0.6 is 15.9 Å². The van der Waals surface area contributed by atoms with E-state index in [4.69, 9.17) is 4.74 Å². The van der Waals surface area contributed by atoms with E-state index in [0.717, 1.165) is 16.8 Å². The molecule has 0 saturated heterocycles. The van der Waals surface area contributed by atoms with Crippen molar-refractivity contribution in [3.05, 3.63) is 28.2 Å². The van der Waals surface area contributed by atoms with Crippen LogP contribution < -0.4 is 10.1 Å². The number of hydrogen-bond acceptors (Lipinski definition) is 2. The summed E-state index contributed by atoms with van der Waals surface area (Å²) < 4.78 is 7.25. The van der Waals surface area contributed by atoms with Crippen molar-refractivity contribution >= 4 is 15.9 Å². The van der Waals surface area contributed by atoms with Gasteiger partial charge in [0.2, 0.25) is 0 Å². The number of rotatable bonds is 4. The van der Waals surface area contributed by atoms with E-state index in [1.165, 1.54) is 37.7 Å². The highest BCUT2D eigenvalue weighted by atomic mass is 79.9. The van der Waals surface area contributed by atoms with Crippen molar-refractivity contribution in [2.24, 2.45) is 0 Å². The Balaban J connectivity index is 2.12. The molecule has 0 bridgehead atoms. The zero-order valence-electron chi connectivity index (χ0n) is 10.3. The van der Waals surface area contributed by atoms with Gasteiger partial charge in [0.1, 0.15) is 5.75 Å². The maximum absolute atomic E-state index is 6.18. The van der Waals surface area contributed by atoms with E-state index in [-0.39, 0.29) is 0 Å². The third-order valence-electron chi connectivity index (χ3n) is 3.25. The van der Waals surface area contributed by atoms with Crippen LogP contribution in [0.4, 0.5) is 0 Å². The molecule has 1 aliphatic carbocycles. The van der Waals surface area contributed by atoms with Crippen molar-refractivity contribution < 1.29 is 4.74 Å². The molecule has 0 amide bonds. The Morgan fingerprint density at radius 1 is 1.29 bits per heavy atom. The van der Waals surface area contributed by atoms with Gasteiger partial charge >= 0.3 is 0 Å². The van der Waals surface area contributed by atoms with E-state index in [1.807, 2.05) is 7.05 Å². The fourth-order valence-corrected chi connectivity index (χ4v) is 2.87. The molecule has 2 nitrogen and oxygen atoms in total. The van der Waals surface area contributed by atoms with Crippen LogP contribution in [0.1, 0.15) is 37.7 Å². The van der Waals surface area contributed by atoms with Crippen molar-refractivity contribution in [3.63, 3.8) is 0 Å². The predicted octanol–water partition coefficient (Wildman–Crippen LogP) is 3.88. The van der Waals surface area contributed by atoms with E-state index in [2.05, 4.69) is 39.4 Å². The lowest BCUT2D eigenvalue weighted by Gasteiger charge is -2.25. The average Bonchev–Trinajstić information content (AvgIpc) is 2.35. The van der Waals surface area contributed by atoms with Crippen LogP contribution in [0.3, 0.4) is 0 Å². The lowest BCUT2D eigenvalue weighted by Crippen LogP contribution is -2.21. The minimum Gasteiger partial charge on any atom is -0.489 e. The monoisotopic (exact) mass is 297 g/mol. The molecule has 0 radical (unpaired) electrons. The van der Waals surface area contributed by atoms with E-state index in [0.29, 0.717) is 6.10 Å².